The zero-order chi connectivity index (χ0) is 14.0. The normalized spacial score (nSPS) is 14.6. The van der Waals surface area contributed by atoms with Crippen molar-refractivity contribution in [1.29, 1.82) is 0 Å². The monoisotopic (exact) mass is 261 g/mol. The molecule has 3 nitrogen and oxygen atoms in total. The minimum Gasteiger partial charge on any atom is -0.468 e. The number of esters is 1. The van der Waals surface area contributed by atoms with Gasteiger partial charge in [0.1, 0.15) is 5.54 Å². The summed E-state index contributed by atoms with van der Waals surface area (Å²) < 4.78 is 4.87. The number of methoxy groups -OCH3 is 1. The maximum atomic E-state index is 11.8. The molecule has 1 aromatic rings. The highest BCUT2D eigenvalue weighted by Crippen LogP contribution is 2.24. The Kier molecular flexibility index (Phi) is 3.95. The average Bonchev–Trinajstić information content (AvgIpc) is 2.84. The van der Waals surface area contributed by atoms with E-state index in [0.29, 0.717) is 0 Å². The van der Waals surface area contributed by atoms with Gasteiger partial charge in [0, 0.05) is 6.54 Å². The van der Waals surface area contributed by atoms with Gasteiger partial charge in [0.25, 0.3) is 0 Å². The predicted molar refractivity (Wildman–Crippen MR) is 76.0 cm³/mol. The molecule has 0 aromatic heterocycles. The van der Waals surface area contributed by atoms with Gasteiger partial charge in [0.05, 0.1) is 7.11 Å². The van der Waals surface area contributed by atoms with Gasteiger partial charge in [-0.05, 0) is 56.8 Å². The number of fused-ring (bicyclic) bond motifs is 1. The van der Waals surface area contributed by atoms with E-state index >= 15 is 0 Å². The van der Waals surface area contributed by atoms with Crippen LogP contribution in [0.1, 0.15) is 37.0 Å². The molecule has 1 aliphatic carbocycles. The van der Waals surface area contributed by atoms with Crippen LogP contribution in [0.2, 0.25) is 0 Å². The van der Waals surface area contributed by atoms with Crippen LogP contribution < -0.4 is 0 Å². The molecule has 0 fully saturated rings. The number of likely N-dealkylation sites (N-methyl/N-ethyl adjacent to an activating group) is 1. The molecule has 1 aromatic carbocycles. The summed E-state index contributed by atoms with van der Waals surface area (Å²) >= 11 is 0. The molecule has 19 heavy (non-hydrogen) atoms. The third kappa shape index (κ3) is 2.81. The maximum absolute atomic E-state index is 11.8. The van der Waals surface area contributed by atoms with E-state index in [9.17, 15) is 4.79 Å². The Morgan fingerprint density at radius 3 is 2.68 bits per heavy atom. The van der Waals surface area contributed by atoms with Gasteiger partial charge in [0.2, 0.25) is 0 Å². The van der Waals surface area contributed by atoms with E-state index in [1.54, 1.807) is 0 Å². The van der Waals surface area contributed by atoms with Gasteiger partial charge < -0.3 is 4.74 Å². The second-order valence-corrected chi connectivity index (χ2v) is 5.86. The van der Waals surface area contributed by atoms with Crippen molar-refractivity contribution in [2.45, 2.75) is 45.2 Å². The molecular weight excluding hydrogens is 238 g/mol. The van der Waals surface area contributed by atoms with Crippen LogP contribution in [0.3, 0.4) is 0 Å². The molecule has 0 heterocycles. The van der Waals surface area contributed by atoms with Crippen molar-refractivity contribution in [2.24, 2.45) is 0 Å². The number of hydrogen-bond acceptors (Lipinski definition) is 3. The molecule has 0 saturated heterocycles. The summed E-state index contributed by atoms with van der Waals surface area (Å²) in [7, 11) is 3.40. The molecule has 0 spiro atoms. The summed E-state index contributed by atoms with van der Waals surface area (Å²) in [5.74, 6) is -0.198. The molecule has 104 valence electrons. The van der Waals surface area contributed by atoms with Crippen molar-refractivity contribution in [3.8, 4) is 0 Å². The zero-order valence-corrected chi connectivity index (χ0v) is 12.3. The van der Waals surface area contributed by atoms with Crippen molar-refractivity contribution in [3.05, 3.63) is 34.9 Å². The highest BCUT2D eigenvalue weighted by Gasteiger charge is 2.33. The number of rotatable bonds is 4. The second kappa shape index (κ2) is 5.33. The molecule has 0 amide bonds. The Balaban J connectivity index is 2.10. The van der Waals surface area contributed by atoms with Crippen molar-refractivity contribution < 1.29 is 9.53 Å². The fourth-order valence-corrected chi connectivity index (χ4v) is 2.60. The number of benzene rings is 1. The lowest BCUT2D eigenvalue weighted by molar-refractivity contribution is -0.152. The minimum atomic E-state index is -0.603. The van der Waals surface area contributed by atoms with Crippen LogP contribution in [0.4, 0.5) is 0 Å². The van der Waals surface area contributed by atoms with Gasteiger partial charge in [-0.2, -0.15) is 0 Å². The second-order valence-electron chi connectivity index (χ2n) is 5.86. The predicted octanol–water partition coefficient (Wildman–Crippen LogP) is 2.56. The Hall–Kier alpha value is -1.35. The topological polar surface area (TPSA) is 29.5 Å². The van der Waals surface area contributed by atoms with Gasteiger partial charge >= 0.3 is 5.97 Å². The molecule has 1 aliphatic rings. The first kappa shape index (κ1) is 14.1. The van der Waals surface area contributed by atoms with E-state index < -0.39 is 5.54 Å². The van der Waals surface area contributed by atoms with E-state index in [1.165, 1.54) is 43.1 Å². The molecule has 0 aliphatic heterocycles. The number of nitrogens with zero attached hydrogens (tertiary/aromatic N) is 1. The molecule has 2 rings (SSSR count). The number of aryl methyl sites for hydroxylation is 2. The minimum absolute atomic E-state index is 0.198. The lowest BCUT2D eigenvalue weighted by Gasteiger charge is -2.32. The quantitative estimate of drug-likeness (QED) is 0.780. The van der Waals surface area contributed by atoms with E-state index in [0.717, 1.165) is 6.54 Å². The Morgan fingerprint density at radius 1 is 1.32 bits per heavy atom. The molecule has 0 bridgehead atoms. The molecular formula is C16H23NO2. The summed E-state index contributed by atoms with van der Waals surface area (Å²) in [6.07, 6.45) is 3.66. The van der Waals surface area contributed by atoms with Crippen molar-refractivity contribution >= 4 is 5.97 Å². The van der Waals surface area contributed by atoms with E-state index in [2.05, 4.69) is 18.2 Å². The summed E-state index contributed by atoms with van der Waals surface area (Å²) in [5, 5.41) is 0. The fourth-order valence-electron chi connectivity index (χ4n) is 2.60. The lowest BCUT2D eigenvalue weighted by atomic mass is 10.0. The van der Waals surface area contributed by atoms with Crippen LogP contribution >= 0.6 is 0 Å². The van der Waals surface area contributed by atoms with Crippen LogP contribution in [-0.4, -0.2) is 30.6 Å². The first-order valence-corrected chi connectivity index (χ1v) is 6.85. The number of carbonyl (C=O) groups excluding carboxylic acids is 1. The molecule has 0 unspecified atom stereocenters. The van der Waals surface area contributed by atoms with Crippen molar-refractivity contribution in [2.75, 3.05) is 14.2 Å². The Labute approximate surface area is 115 Å². The lowest BCUT2D eigenvalue weighted by Crippen LogP contribution is -2.48. The number of ether oxygens (including phenoxy) is 1. The summed E-state index contributed by atoms with van der Waals surface area (Å²) in [4.78, 5) is 13.8. The van der Waals surface area contributed by atoms with Gasteiger partial charge in [-0.25, -0.2) is 0 Å². The summed E-state index contributed by atoms with van der Waals surface area (Å²) in [6, 6.07) is 6.69. The van der Waals surface area contributed by atoms with Crippen LogP contribution in [0.15, 0.2) is 18.2 Å². The van der Waals surface area contributed by atoms with E-state index in [-0.39, 0.29) is 5.97 Å². The third-order valence-corrected chi connectivity index (χ3v) is 4.22. The van der Waals surface area contributed by atoms with E-state index in [1.807, 2.05) is 25.8 Å². The van der Waals surface area contributed by atoms with Gasteiger partial charge in [-0.3, -0.25) is 9.69 Å². The van der Waals surface area contributed by atoms with Crippen LogP contribution in [-0.2, 0) is 28.9 Å². The largest absolute Gasteiger partial charge is 0.468 e. The molecule has 0 radical (unpaired) electrons. The van der Waals surface area contributed by atoms with Gasteiger partial charge in [0.15, 0.2) is 0 Å². The summed E-state index contributed by atoms with van der Waals surface area (Å²) in [5.41, 5.74) is 3.62. The fraction of sp³-hybridized carbons (Fsp3) is 0.562. The Bertz CT molecular complexity index is 480. The van der Waals surface area contributed by atoms with Crippen LogP contribution in [0, 0.1) is 0 Å². The number of hydrogen-bond donors (Lipinski definition) is 0. The zero-order valence-electron chi connectivity index (χ0n) is 12.3. The van der Waals surface area contributed by atoms with Crippen molar-refractivity contribution in [3.63, 3.8) is 0 Å². The molecule has 0 N–H and O–H groups in total. The highest BCUT2D eigenvalue weighted by atomic mass is 16.5. The van der Waals surface area contributed by atoms with Gasteiger partial charge in [-0.15, -0.1) is 0 Å². The van der Waals surface area contributed by atoms with Crippen LogP contribution in [0.5, 0.6) is 0 Å². The first-order valence-electron chi connectivity index (χ1n) is 6.85. The van der Waals surface area contributed by atoms with Crippen molar-refractivity contribution in [1.82, 2.24) is 4.90 Å². The van der Waals surface area contributed by atoms with Gasteiger partial charge in [-0.1, -0.05) is 18.2 Å². The maximum Gasteiger partial charge on any atom is 0.325 e. The standard InChI is InChI=1S/C16H23NO2/c1-16(2,15(18)19-4)17(3)11-12-8-9-13-6-5-7-14(13)10-12/h8-10H,5-7,11H2,1-4H3. The smallest absolute Gasteiger partial charge is 0.325 e. The first-order chi connectivity index (χ1) is 8.95. The third-order valence-electron chi connectivity index (χ3n) is 4.22. The average molecular weight is 261 g/mol. The van der Waals surface area contributed by atoms with E-state index in [4.69, 9.17) is 4.74 Å². The summed E-state index contributed by atoms with van der Waals surface area (Å²) in [6.45, 7) is 4.55. The van der Waals surface area contributed by atoms with Crippen LogP contribution in [0.25, 0.3) is 0 Å². The number of carbonyl (C=O) groups is 1. The molecule has 3 heteroatoms. The molecule has 0 atom stereocenters. The Morgan fingerprint density at radius 2 is 2.00 bits per heavy atom. The molecule has 0 saturated carbocycles. The SMILES string of the molecule is COC(=O)C(C)(C)N(C)Cc1ccc2c(c1)CCC2. The highest BCUT2D eigenvalue weighted by molar-refractivity contribution is 5.79.